The number of nitrogens with zero attached hydrogens (tertiary/aromatic N) is 2. The molecule has 1 aliphatic heterocycles. The first kappa shape index (κ1) is 8.29. The molecule has 2 rings (SSSR count). The second-order valence-corrected chi connectivity index (χ2v) is 3.56. The molecule has 1 aromatic heterocycles. The summed E-state index contributed by atoms with van der Waals surface area (Å²) in [4.78, 5) is 13.5. The third-order valence-corrected chi connectivity index (χ3v) is 2.39. The Hall–Kier alpha value is -1.32. The molecule has 0 N–H and O–H groups in total. The lowest BCUT2D eigenvalue weighted by Crippen LogP contribution is -2.28. The van der Waals surface area contributed by atoms with E-state index in [4.69, 9.17) is 0 Å². The van der Waals surface area contributed by atoms with Crippen LogP contribution in [0.2, 0.25) is 0 Å². The fraction of sp³-hybridized carbons (Fsp3) is 0.556. The minimum atomic E-state index is 0.0330. The summed E-state index contributed by atoms with van der Waals surface area (Å²) in [6, 6.07) is 0. The summed E-state index contributed by atoms with van der Waals surface area (Å²) in [5.41, 5.74) is 0.550. The molecule has 0 spiro atoms. The van der Waals surface area contributed by atoms with Gasteiger partial charge in [-0.2, -0.15) is 0 Å². The van der Waals surface area contributed by atoms with Crippen molar-refractivity contribution in [2.75, 3.05) is 13.1 Å². The highest BCUT2D eigenvalue weighted by atomic mass is 16.5. The number of hydrogen-bond donors (Lipinski definition) is 0. The second kappa shape index (κ2) is 3.20. The van der Waals surface area contributed by atoms with E-state index < -0.39 is 0 Å². The molecule has 70 valence electrons. The van der Waals surface area contributed by atoms with Crippen LogP contribution in [0.1, 0.15) is 23.7 Å². The molecule has 2 heterocycles. The van der Waals surface area contributed by atoms with Crippen molar-refractivity contribution >= 4 is 5.91 Å². The molecule has 1 atom stereocenters. The fourth-order valence-corrected chi connectivity index (χ4v) is 1.61. The van der Waals surface area contributed by atoms with Gasteiger partial charge < -0.3 is 9.42 Å². The maximum absolute atomic E-state index is 11.7. The molecule has 1 aliphatic rings. The van der Waals surface area contributed by atoms with E-state index in [1.807, 2.05) is 4.90 Å². The van der Waals surface area contributed by atoms with E-state index in [2.05, 4.69) is 16.6 Å². The minimum Gasteiger partial charge on any atom is -0.364 e. The van der Waals surface area contributed by atoms with Crippen LogP contribution in [-0.4, -0.2) is 29.1 Å². The van der Waals surface area contributed by atoms with Gasteiger partial charge >= 0.3 is 0 Å². The van der Waals surface area contributed by atoms with E-state index in [1.54, 1.807) is 0 Å². The summed E-state index contributed by atoms with van der Waals surface area (Å²) in [5, 5.41) is 3.51. The van der Waals surface area contributed by atoms with E-state index in [1.165, 1.54) is 12.5 Å². The predicted molar refractivity (Wildman–Crippen MR) is 46.2 cm³/mol. The number of aromatic nitrogens is 1. The summed E-state index contributed by atoms with van der Waals surface area (Å²) in [6.45, 7) is 3.86. The average molecular weight is 180 g/mol. The number of likely N-dealkylation sites (tertiary alicyclic amines) is 1. The van der Waals surface area contributed by atoms with Crippen molar-refractivity contribution in [1.82, 2.24) is 10.1 Å². The third-order valence-electron chi connectivity index (χ3n) is 2.39. The summed E-state index contributed by atoms with van der Waals surface area (Å²) in [5.74, 6) is 0.648. The SMILES string of the molecule is CC1CCN(C(=O)c2cnoc2)C1. The van der Waals surface area contributed by atoms with Crippen molar-refractivity contribution in [3.05, 3.63) is 18.0 Å². The van der Waals surface area contributed by atoms with Crippen LogP contribution >= 0.6 is 0 Å². The van der Waals surface area contributed by atoms with Crippen molar-refractivity contribution in [3.8, 4) is 0 Å². The largest absolute Gasteiger partial charge is 0.364 e. The molecule has 0 bridgehead atoms. The van der Waals surface area contributed by atoms with Crippen LogP contribution in [0.4, 0.5) is 0 Å². The van der Waals surface area contributed by atoms with Crippen molar-refractivity contribution in [1.29, 1.82) is 0 Å². The first-order valence-corrected chi connectivity index (χ1v) is 4.46. The van der Waals surface area contributed by atoms with E-state index in [0.29, 0.717) is 11.5 Å². The Morgan fingerprint density at radius 3 is 3.15 bits per heavy atom. The highest BCUT2D eigenvalue weighted by Gasteiger charge is 2.24. The van der Waals surface area contributed by atoms with Crippen LogP contribution in [0.15, 0.2) is 17.0 Å². The van der Waals surface area contributed by atoms with Gasteiger partial charge in [-0.3, -0.25) is 4.79 Å². The average Bonchev–Trinajstić information content (AvgIpc) is 2.72. The van der Waals surface area contributed by atoms with Gasteiger partial charge in [0, 0.05) is 13.1 Å². The number of rotatable bonds is 1. The molecule has 0 aromatic carbocycles. The maximum atomic E-state index is 11.7. The maximum Gasteiger partial charge on any atom is 0.258 e. The van der Waals surface area contributed by atoms with Gasteiger partial charge in [-0.15, -0.1) is 0 Å². The van der Waals surface area contributed by atoms with Gasteiger partial charge in [-0.1, -0.05) is 12.1 Å². The molecule has 13 heavy (non-hydrogen) atoms. The number of hydrogen-bond acceptors (Lipinski definition) is 3. The molecule has 4 heteroatoms. The normalized spacial score (nSPS) is 22.2. The van der Waals surface area contributed by atoms with Crippen molar-refractivity contribution in [2.24, 2.45) is 5.92 Å². The Labute approximate surface area is 76.5 Å². The summed E-state index contributed by atoms with van der Waals surface area (Å²) in [6.07, 6.45) is 3.95. The van der Waals surface area contributed by atoms with Crippen LogP contribution in [-0.2, 0) is 0 Å². The summed E-state index contributed by atoms with van der Waals surface area (Å²) >= 11 is 0. The minimum absolute atomic E-state index is 0.0330. The lowest BCUT2D eigenvalue weighted by atomic mass is 10.2. The molecule has 1 aromatic rings. The van der Waals surface area contributed by atoms with E-state index in [9.17, 15) is 4.79 Å². The Bertz CT molecular complexity index is 295. The van der Waals surface area contributed by atoms with Crippen molar-refractivity contribution in [3.63, 3.8) is 0 Å². The zero-order valence-electron chi connectivity index (χ0n) is 7.56. The molecule has 1 fully saturated rings. The number of amides is 1. The van der Waals surface area contributed by atoms with Gasteiger partial charge in [-0.05, 0) is 12.3 Å². The van der Waals surface area contributed by atoms with E-state index >= 15 is 0 Å². The van der Waals surface area contributed by atoms with Crippen LogP contribution in [0.3, 0.4) is 0 Å². The number of carbonyl (C=O) groups excluding carboxylic acids is 1. The first-order chi connectivity index (χ1) is 6.27. The highest BCUT2D eigenvalue weighted by molar-refractivity contribution is 5.93. The Morgan fingerprint density at radius 2 is 2.62 bits per heavy atom. The Morgan fingerprint density at radius 1 is 1.77 bits per heavy atom. The predicted octanol–water partition coefficient (Wildman–Crippen LogP) is 1.16. The Balaban J connectivity index is 2.06. The molecular formula is C9H12N2O2. The Kier molecular flexibility index (Phi) is 2.04. The molecule has 4 nitrogen and oxygen atoms in total. The van der Waals surface area contributed by atoms with Gasteiger partial charge in [0.05, 0.1) is 11.8 Å². The lowest BCUT2D eigenvalue weighted by Gasteiger charge is -2.13. The monoisotopic (exact) mass is 180 g/mol. The zero-order valence-corrected chi connectivity index (χ0v) is 7.56. The van der Waals surface area contributed by atoms with Crippen LogP contribution < -0.4 is 0 Å². The molecule has 0 saturated carbocycles. The van der Waals surface area contributed by atoms with Crippen LogP contribution in [0.25, 0.3) is 0 Å². The van der Waals surface area contributed by atoms with Gasteiger partial charge in [0.15, 0.2) is 0 Å². The molecule has 0 radical (unpaired) electrons. The van der Waals surface area contributed by atoms with Gasteiger partial charge in [-0.25, -0.2) is 0 Å². The van der Waals surface area contributed by atoms with Gasteiger partial charge in [0.1, 0.15) is 6.26 Å². The third kappa shape index (κ3) is 1.56. The first-order valence-electron chi connectivity index (χ1n) is 4.46. The molecule has 0 aliphatic carbocycles. The molecule has 1 unspecified atom stereocenters. The molecular weight excluding hydrogens is 168 g/mol. The molecule has 1 saturated heterocycles. The quantitative estimate of drug-likeness (QED) is 0.651. The summed E-state index contributed by atoms with van der Waals surface area (Å²) in [7, 11) is 0. The number of carbonyl (C=O) groups is 1. The van der Waals surface area contributed by atoms with Crippen molar-refractivity contribution in [2.45, 2.75) is 13.3 Å². The fourth-order valence-electron chi connectivity index (χ4n) is 1.61. The molecule has 1 amide bonds. The van der Waals surface area contributed by atoms with Crippen LogP contribution in [0.5, 0.6) is 0 Å². The van der Waals surface area contributed by atoms with E-state index in [-0.39, 0.29) is 5.91 Å². The smallest absolute Gasteiger partial charge is 0.258 e. The van der Waals surface area contributed by atoms with Gasteiger partial charge in [0.25, 0.3) is 5.91 Å². The standard InChI is InChI=1S/C9H12N2O2/c1-7-2-3-11(5-7)9(12)8-4-10-13-6-8/h4,6-7H,2-3,5H2,1H3. The topological polar surface area (TPSA) is 46.3 Å². The van der Waals surface area contributed by atoms with Crippen molar-refractivity contribution < 1.29 is 9.32 Å². The highest BCUT2D eigenvalue weighted by Crippen LogP contribution is 2.17. The van der Waals surface area contributed by atoms with Crippen LogP contribution in [0, 0.1) is 5.92 Å². The van der Waals surface area contributed by atoms with E-state index in [0.717, 1.165) is 19.5 Å². The lowest BCUT2D eigenvalue weighted by molar-refractivity contribution is 0.0787. The zero-order chi connectivity index (χ0) is 9.26. The second-order valence-electron chi connectivity index (χ2n) is 3.56. The van der Waals surface area contributed by atoms with Gasteiger partial charge in [0.2, 0.25) is 0 Å². The summed E-state index contributed by atoms with van der Waals surface area (Å²) < 4.78 is 4.62.